The summed E-state index contributed by atoms with van der Waals surface area (Å²) in [4.78, 5) is 98.3. The van der Waals surface area contributed by atoms with Gasteiger partial charge in [-0.1, -0.05) is 265 Å². The number of β-lactam (4-membered cyclic amide) rings is 8. The lowest BCUT2D eigenvalue weighted by molar-refractivity contribution is -0.205. The van der Waals surface area contributed by atoms with E-state index in [0.29, 0.717) is 25.8 Å². The highest BCUT2D eigenvalue weighted by Gasteiger charge is 2.83. The molecule has 0 aromatic heterocycles. The summed E-state index contributed by atoms with van der Waals surface area (Å²) in [5.74, 6) is -3.42. The summed E-state index contributed by atoms with van der Waals surface area (Å²) in [6.07, 6.45) is -8.43. The summed E-state index contributed by atoms with van der Waals surface area (Å²) in [6, 6.07) is 88.2. The van der Waals surface area contributed by atoms with Crippen LogP contribution in [0.4, 0.5) is 26.3 Å². The quantitative estimate of drug-likeness (QED) is 0.0609. The van der Waals surface area contributed by atoms with E-state index >= 15 is 0 Å². The Labute approximate surface area is 830 Å². The number of imide groups is 4. The molecule has 4 aliphatic heterocycles. The first-order valence-corrected chi connectivity index (χ1v) is 45.2. The van der Waals surface area contributed by atoms with E-state index in [0.717, 1.165) is 77.1 Å². The molecular formula is C120H136F6N4O11. The van der Waals surface area contributed by atoms with Gasteiger partial charge in [-0.3, -0.25) is 58.0 Å². The van der Waals surface area contributed by atoms with Crippen LogP contribution in [0.5, 0.6) is 34.5 Å². The first kappa shape index (κ1) is 117. The number of ether oxygens (including phenoxy) is 3. The topological polar surface area (TPSA) is 177 Å². The van der Waals surface area contributed by atoms with Crippen molar-refractivity contribution in [2.75, 3.05) is 20.3 Å². The number of carbonyl (C=O) groups is 8. The zero-order valence-electron chi connectivity index (χ0n) is 82.1. The molecule has 4 saturated heterocycles. The molecule has 8 amide bonds. The molecule has 0 atom stereocenters. The van der Waals surface area contributed by atoms with Crippen molar-refractivity contribution >= 4 is 47.3 Å². The van der Waals surface area contributed by atoms with Crippen molar-refractivity contribution < 1.29 is 78.9 Å². The minimum Gasteiger partial charge on any atom is -0.457 e. The van der Waals surface area contributed by atoms with Crippen molar-refractivity contribution in [3.8, 4) is 56.8 Å². The molecule has 4 fully saturated rings. The van der Waals surface area contributed by atoms with Gasteiger partial charge in [0.2, 0.25) is 0 Å². The van der Waals surface area contributed by atoms with Crippen LogP contribution < -0.4 is 14.2 Å². The van der Waals surface area contributed by atoms with Gasteiger partial charge >= 0.3 is 12.4 Å². The third-order valence-electron chi connectivity index (χ3n) is 24.0. The lowest BCUT2D eigenvalue weighted by Gasteiger charge is -2.55. The smallest absolute Gasteiger partial charge is 0.417 e. The highest BCUT2D eigenvalue weighted by molar-refractivity contribution is 6.54. The molecule has 0 aliphatic carbocycles. The second kappa shape index (κ2) is 50.8. The lowest BCUT2D eigenvalue weighted by atomic mass is 9.68. The van der Waals surface area contributed by atoms with Crippen molar-refractivity contribution in [1.82, 2.24) is 19.6 Å². The Morgan fingerprint density at radius 2 is 0.525 bits per heavy atom. The highest BCUT2D eigenvalue weighted by Crippen LogP contribution is 2.49. The molecule has 0 unspecified atom stereocenters. The molecule has 15 nitrogen and oxygen atoms in total. The van der Waals surface area contributed by atoms with E-state index in [-0.39, 0.29) is 36.3 Å². The molecule has 17 rings (SSSR count). The van der Waals surface area contributed by atoms with Gasteiger partial charge in [-0.15, -0.1) is 0 Å². The number of alkyl halides is 6. The monoisotopic (exact) mass is 1920 g/mol. The molecule has 4 aliphatic rings. The summed E-state index contributed by atoms with van der Waals surface area (Å²) < 4.78 is 96.5. The minimum atomic E-state index is -4.73. The fraction of sp³-hybridized carbons (Fsp3) is 0.283. The number of hydrogen-bond acceptors (Lipinski definition) is 11. The summed E-state index contributed by atoms with van der Waals surface area (Å²) in [6.45, 7) is 43.6. The fourth-order valence-corrected chi connectivity index (χ4v) is 15.0. The SMILES string of the molecule is C.C.C.C.CC.CCN1C(=O)C2(C1=O)C(=O)N(CN1C(=O)C3(C(=O)N(C)C3=O)C1=O)C2=O.Cc1cc(C)c(C)cc1C.Cc1ccc(-c2ccc(C)c(C)c2)cc1C.Cc1ccc(-c2ccc(C)cc2C(F)(F)F)c(C(F)(F)F)c1.Cc1ccc(C)cc1.Cc1ccc(Cc2ccccc2)cc1.Cc1ccc(Oc2ccc(C)c(C)c2)cc1C.Cc1cccc(Oc2cccc(Oc3cccc(C)c3)c2)c1. The van der Waals surface area contributed by atoms with Crippen molar-refractivity contribution in [3.63, 3.8) is 0 Å². The molecule has 13 aromatic carbocycles. The standard InChI is InChI=1S/C20H18O2.C16H12F6.C16H18O.C16H18.C14H10N4O8.C14H14.C10H14.C8H10.C2H6.4CH4/c1-15-6-3-8-17(12-15)21-19-10-5-11-20(14-19)22-18-9-4-7-16(2)13-18;1-9-3-5-11(13(7-9)15(17,18)19)12-6-4-10(2)8-14(12)16(20,21)22;1-11-5-7-15(9-13(11)3)17-16-8-6-12(2)14(4)10-16;1-11-5-7-15(9-13(11)3)16-8-6-12(2)14(4)10-16;1-3-16-7(21)14(8(16)22)11(25)18(12(14)26)4-17-9(23)13(10(17)24)5(19)15(2)6(13)20;1-12-7-9-14(10-8-12)11-13-5-3-2-4-6-13;1-7-5-9(3)10(4)6-8(7)2;1-7-3-5-8(2)6-4-7;1-2;;;;/h3-14H,1-2H3;3-8H,1-2H3;5-10H,1-4H3;5-10H,1-4H3;3-4H2,1-2H3;2-10H,11H2,1H3;5-6H,1-4H3;3-6H,1-2H3;1-2H3;4*1H4. The normalized spacial score (nSPS) is 13.0. The number of halogens is 6. The summed E-state index contributed by atoms with van der Waals surface area (Å²) in [5.41, 5.74) is 20.5. The van der Waals surface area contributed by atoms with E-state index in [2.05, 4.69) is 256 Å². The van der Waals surface area contributed by atoms with Crippen LogP contribution in [0, 0.1) is 142 Å². The molecule has 0 saturated carbocycles. The second-order valence-electron chi connectivity index (χ2n) is 34.7. The van der Waals surface area contributed by atoms with Crippen LogP contribution in [0.25, 0.3) is 22.3 Å². The van der Waals surface area contributed by atoms with Gasteiger partial charge in [0.05, 0.1) is 11.1 Å². The largest absolute Gasteiger partial charge is 0.457 e. The molecule has 744 valence electrons. The van der Waals surface area contributed by atoms with Gasteiger partial charge in [0, 0.05) is 19.7 Å². The Morgan fingerprint density at radius 1 is 0.255 bits per heavy atom. The Kier molecular flexibility index (Phi) is 42.1. The van der Waals surface area contributed by atoms with E-state index in [4.69, 9.17) is 14.2 Å². The maximum atomic E-state index is 13.1. The molecule has 4 heterocycles. The van der Waals surface area contributed by atoms with Crippen LogP contribution in [0.3, 0.4) is 0 Å². The molecule has 2 spiro atoms. The van der Waals surface area contributed by atoms with Crippen LogP contribution in [0.2, 0.25) is 0 Å². The highest BCUT2D eigenvalue weighted by atomic mass is 19.4. The van der Waals surface area contributed by atoms with Crippen LogP contribution in [-0.4, -0.2) is 87.1 Å². The molecule has 0 N–H and O–H groups in total. The fourth-order valence-electron chi connectivity index (χ4n) is 15.0. The second-order valence-corrected chi connectivity index (χ2v) is 34.7. The molecule has 21 heteroatoms. The molecular weight excluding hydrogens is 1790 g/mol. The predicted octanol–water partition coefficient (Wildman–Crippen LogP) is 29.6. The maximum absolute atomic E-state index is 13.1. The number of carbonyl (C=O) groups excluding carboxylic acids is 8. The molecule has 0 bridgehead atoms. The summed E-state index contributed by atoms with van der Waals surface area (Å²) in [5, 5.41) is 0. The number of hydrogen-bond donors (Lipinski definition) is 0. The van der Waals surface area contributed by atoms with E-state index in [1.165, 1.54) is 150 Å². The zero-order chi connectivity index (χ0) is 101. The molecule has 13 aromatic rings. The Hall–Kier alpha value is -14.6. The molecule has 0 radical (unpaired) electrons. The van der Waals surface area contributed by atoms with E-state index < -0.39 is 99.4 Å². The van der Waals surface area contributed by atoms with Gasteiger partial charge in [-0.2, -0.15) is 26.3 Å². The van der Waals surface area contributed by atoms with Crippen LogP contribution in [0.15, 0.2) is 273 Å². The van der Waals surface area contributed by atoms with Crippen molar-refractivity contribution in [3.05, 3.63) is 401 Å². The number of nitrogens with zero attached hydrogens (tertiary/aromatic N) is 4. The van der Waals surface area contributed by atoms with Gasteiger partial charge < -0.3 is 14.2 Å². The molecule has 141 heavy (non-hydrogen) atoms. The lowest BCUT2D eigenvalue weighted by Crippen LogP contribution is -2.87. The Morgan fingerprint density at radius 3 is 0.844 bits per heavy atom. The average molecular weight is 1920 g/mol. The van der Waals surface area contributed by atoms with Crippen molar-refractivity contribution in [2.45, 2.75) is 201 Å². The third-order valence-corrected chi connectivity index (χ3v) is 24.0. The minimum absolute atomic E-state index is 0. The third kappa shape index (κ3) is 28.4. The number of rotatable bonds is 13. The van der Waals surface area contributed by atoms with Crippen LogP contribution >= 0.6 is 0 Å². The van der Waals surface area contributed by atoms with E-state index in [1.54, 1.807) is 0 Å². The summed E-state index contributed by atoms with van der Waals surface area (Å²) in [7, 11) is 1.11. The van der Waals surface area contributed by atoms with Gasteiger partial charge in [0.15, 0.2) is 0 Å². The van der Waals surface area contributed by atoms with E-state index in [9.17, 15) is 64.7 Å². The van der Waals surface area contributed by atoms with Crippen LogP contribution in [-0.2, 0) is 57.1 Å². The van der Waals surface area contributed by atoms with Gasteiger partial charge in [-0.25, -0.2) is 0 Å². The maximum Gasteiger partial charge on any atom is 0.417 e. The Bertz CT molecular complexity index is 6220. The first-order chi connectivity index (χ1) is 64.7. The average Bonchev–Trinajstić information content (AvgIpc) is 0.657. The first-order valence-electron chi connectivity index (χ1n) is 45.2. The van der Waals surface area contributed by atoms with Gasteiger partial charge in [0.25, 0.3) is 58.1 Å². The predicted molar refractivity (Wildman–Crippen MR) is 557 cm³/mol. The van der Waals surface area contributed by atoms with E-state index in [1.807, 2.05) is 113 Å². The number of benzene rings is 13. The van der Waals surface area contributed by atoms with Crippen molar-refractivity contribution in [1.29, 1.82) is 0 Å². The number of likely N-dealkylation sites (tertiary alicyclic amines) is 4. The number of aryl methyl sites for hydroxylation is 19. The Balaban J connectivity index is 0.000000288. The number of amides is 8. The van der Waals surface area contributed by atoms with Gasteiger partial charge in [-0.05, 0) is 329 Å². The zero-order valence-corrected chi connectivity index (χ0v) is 82.1. The summed E-state index contributed by atoms with van der Waals surface area (Å²) >= 11 is 0. The van der Waals surface area contributed by atoms with Gasteiger partial charge in [0.1, 0.15) is 41.2 Å². The van der Waals surface area contributed by atoms with Crippen molar-refractivity contribution in [2.24, 2.45) is 10.8 Å². The van der Waals surface area contributed by atoms with Crippen LogP contribution in [0.1, 0.15) is 178 Å².